The van der Waals surface area contributed by atoms with Crippen LogP contribution in [0.4, 0.5) is 5.69 Å². The molecule has 2 amide bonds. The summed E-state index contributed by atoms with van der Waals surface area (Å²) in [7, 11) is 1.64. The Morgan fingerprint density at radius 2 is 1.59 bits per heavy atom. The Morgan fingerprint density at radius 3 is 2.22 bits per heavy atom. The van der Waals surface area contributed by atoms with Gasteiger partial charge in [0.05, 0.1) is 25.7 Å². The number of benzene rings is 2. The van der Waals surface area contributed by atoms with E-state index in [-0.39, 0.29) is 18.4 Å². The molecule has 1 saturated carbocycles. The lowest BCUT2D eigenvalue weighted by Gasteiger charge is -2.28. The maximum Gasteiger partial charge on any atom is 0.260 e. The van der Waals surface area contributed by atoms with Crippen LogP contribution in [-0.4, -0.2) is 56.7 Å². The van der Waals surface area contributed by atoms with Gasteiger partial charge in [-0.3, -0.25) is 9.59 Å². The van der Waals surface area contributed by atoms with E-state index in [2.05, 4.69) is 5.32 Å². The zero-order chi connectivity index (χ0) is 22.4. The molecule has 1 aliphatic carbocycles. The summed E-state index contributed by atoms with van der Waals surface area (Å²) >= 11 is 0. The topological polar surface area (TPSA) is 77.1 Å². The zero-order valence-corrected chi connectivity index (χ0v) is 18.5. The van der Waals surface area contributed by atoms with E-state index in [1.165, 1.54) is 0 Å². The van der Waals surface area contributed by atoms with E-state index in [0.717, 1.165) is 37.0 Å². The van der Waals surface area contributed by atoms with Crippen molar-refractivity contribution in [3.8, 4) is 11.5 Å². The monoisotopic (exact) mass is 438 g/mol. The number of ether oxygens (including phenoxy) is 3. The SMILES string of the molecule is COc1ccc(C2(C(=O)Nc3ccc(OCC(=O)N4CCOCC4)cc3)CCCC2)cc1. The maximum absolute atomic E-state index is 13.3. The predicted molar refractivity (Wildman–Crippen MR) is 121 cm³/mol. The minimum atomic E-state index is -0.522. The number of methoxy groups -OCH3 is 1. The van der Waals surface area contributed by atoms with E-state index in [0.29, 0.717) is 37.7 Å². The van der Waals surface area contributed by atoms with Crippen molar-refractivity contribution in [3.05, 3.63) is 54.1 Å². The molecule has 2 aromatic carbocycles. The number of hydrogen-bond donors (Lipinski definition) is 1. The molecule has 7 heteroatoms. The van der Waals surface area contributed by atoms with E-state index in [1.54, 1.807) is 24.1 Å². The molecular weight excluding hydrogens is 408 g/mol. The van der Waals surface area contributed by atoms with Gasteiger partial charge in [-0.25, -0.2) is 0 Å². The normalized spacial score (nSPS) is 17.6. The molecule has 1 N–H and O–H groups in total. The molecule has 7 nitrogen and oxygen atoms in total. The molecule has 170 valence electrons. The molecule has 0 spiro atoms. The van der Waals surface area contributed by atoms with Gasteiger partial charge >= 0.3 is 0 Å². The summed E-state index contributed by atoms with van der Waals surface area (Å²) in [4.78, 5) is 27.3. The van der Waals surface area contributed by atoms with Crippen molar-refractivity contribution in [2.45, 2.75) is 31.1 Å². The summed E-state index contributed by atoms with van der Waals surface area (Å²) in [5.41, 5.74) is 1.21. The van der Waals surface area contributed by atoms with Crippen molar-refractivity contribution in [2.24, 2.45) is 0 Å². The fourth-order valence-electron chi connectivity index (χ4n) is 4.47. The van der Waals surface area contributed by atoms with Crippen LogP contribution in [0.5, 0.6) is 11.5 Å². The second-order valence-corrected chi connectivity index (χ2v) is 8.28. The van der Waals surface area contributed by atoms with Crippen LogP contribution < -0.4 is 14.8 Å². The Labute approximate surface area is 188 Å². The van der Waals surface area contributed by atoms with Crippen molar-refractivity contribution in [2.75, 3.05) is 45.3 Å². The van der Waals surface area contributed by atoms with Crippen LogP contribution in [0, 0.1) is 0 Å². The van der Waals surface area contributed by atoms with E-state index >= 15 is 0 Å². The fourth-order valence-corrected chi connectivity index (χ4v) is 4.47. The summed E-state index contributed by atoms with van der Waals surface area (Å²) in [6, 6.07) is 15.0. The molecule has 0 aromatic heterocycles. The molecule has 1 aliphatic heterocycles. The summed E-state index contributed by atoms with van der Waals surface area (Å²) in [5, 5.41) is 3.08. The largest absolute Gasteiger partial charge is 0.497 e. The molecule has 0 unspecified atom stereocenters. The van der Waals surface area contributed by atoms with Crippen LogP contribution in [0.1, 0.15) is 31.2 Å². The van der Waals surface area contributed by atoms with Crippen molar-refractivity contribution in [1.82, 2.24) is 4.90 Å². The molecule has 0 radical (unpaired) electrons. The number of hydrogen-bond acceptors (Lipinski definition) is 5. The molecule has 0 atom stereocenters. The Kier molecular flexibility index (Phi) is 6.95. The van der Waals surface area contributed by atoms with Crippen LogP contribution in [0.2, 0.25) is 0 Å². The third-order valence-corrected chi connectivity index (χ3v) is 6.37. The van der Waals surface area contributed by atoms with E-state index < -0.39 is 5.41 Å². The van der Waals surface area contributed by atoms with E-state index in [1.807, 2.05) is 36.4 Å². The van der Waals surface area contributed by atoms with Gasteiger partial charge in [-0.2, -0.15) is 0 Å². The van der Waals surface area contributed by atoms with Gasteiger partial charge < -0.3 is 24.4 Å². The third-order valence-electron chi connectivity index (χ3n) is 6.37. The number of rotatable bonds is 7. The number of nitrogens with one attached hydrogen (secondary N) is 1. The molecule has 1 saturated heterocycles. The third kappa shape index (κ3) is 4.88. The minimum absolute atomic E-state index is 0.00765. The number of anilines is 1. The zero-order valence-electron chi connectivity index (χ0n) is 18.5. The second kappa shape index (κ2) is 10.0. The predicted octanol–water partition coefficient (Wildman–Crippen LogP) is 3.38. The van der Waals surface area contributed by atoms with Crippen LogP contribution in [0.3, 0.4) is 0 Å². The molecular formula is C25H30N2O5. The Bertz CT molecular complexity index is 914. The first-order chi connectivity index (χ1) is 15.6. The average molecular weight is 439 g/mol. The van der Waals surface area contributed by atoms with E-state index in [4.69, 9.17) is 14.2 Å². The fraction of sp³-hybridized carbons (Fsp3) is 0.440. The van der Waals surface area contributed by atoms with Gasteiger partial charge in [0.1, 0.15) is 11.5 Å². The van der Waals surface area contributed by atoms with Gasteiger partial charge in [0.15, 0.2) is 6.61 Å². The maximum atomic E-state index is 13.3. The average Bonchev–Trinajstić information content (AvgIpc) is 3.35. The Balaban J connectivity index is 1.37. The van der Waals surface area contributed by atoms with Gasteiger partial charge in [-0.15, -0.1) is 0 Å². The number of carbonyl (C=O) groups excluding carboxylic acids is 2. The van der Waals surface area contributed by atoms with Gasteiger partial charge in [0, 0.05) is 18.8 Å². The van der Waals surface area contributed by atoms with Gasteiger partial charge in [-0.05, 0) is 54.8 Å². The summed E-state index contributed by atoms with van der Waals surface area (Å²) in [6.07, 6.45) is 3.72. The molecule has 32 heavy (non-hydrogen) atoms. The first kappa shape index (κ1) is 22.1. The first-order valence-electron chi connectivity index (χ1n) is 11.2. The second-order valence-electron chi connectivity index (χ2n) is 8.28. The quantitative estimate of drug-likeness (QED) is 0.717. The minimum Gasteiger partial charge on any atom is -0.497 e. The van der Waals surface area contributed by atoms with Crippen molar-refractivity contribution in [3.63, 3.8) is 0 Å². The standard InChI is InChI=1S/C25H30N2O5/c1-30-21-8-4-19(5-9-21)25(12-2-3-13-25)24(29)26-20-6-10-22(11-7-20)32-18-23(28)27-14-16-31-17-15-27/h4-11H,2-3,12-18H2,1H3,(H,26,29). The summed E-state index contributed by atoms with van der Waals surface area (Å²) < 4.78 is 16.2. The van der Waals surface area contributed by atoms with Crippen LogP contribution in [0.25, 0.3) is 0 Å². The molecule has 4 rings (SSSR count). The van der Waals surface area contributed by atoms with Crippen molar-refractivity contribution >= 4 is 17.5 Å². The summed E-state index contributed by atoms with van der Waals surface area (Å²) in [5.74, 6) is 1.34. The van der Waals surface area contributed by atoms with Crippen LogP contribution in [0.15, 0.2) is 48.5 Å². The van der Waals surface area contributed by atoms with Crippen molar-refractivity contribution < 1.29 is 23.8 Å². The van der Waals surface area contributed by atoms with Crippen molar-refractivity contribution in [1.29, 1.82) is 0 Å². The molecule has 1 heterocycles. The highest BCUT2D eigenvalue weighted by Crippen LogP contribution is 2.42. The lowest BCUT2D eigenvalue weighted by molar-refractivity contribution is -0.137. The van der Waals surface area contributed by atoms with Gasteiger partial charge in [-0.1, -0.05) is 25.0 Å². The smallest absolute Gasteiger partial charge is 0.260 e. The first-order valence-corrected chi connectivity index (χ1v) is 11.2. The molecule has 2 fully saturated rings. The van der Waals surface area contributed by atoms with Gasteiger partial charge in [0.25, 0.3) is 5.91 Å². The van der Waals surface area contributed by atoms with Gasteiger partial charge in [0.2, 0.25) is 5.91 Å². The lowest BCUT2D eigenvalue weighted by atomic mass is 9.78. The molecule has 2 aromatic rings. The highest BCUT2D eigenvalue weighted by atomic mass is 16.5. The number of morpholine rings is 1. The lowest BCUT2D eigenvalue weighted by Crippen LogP contribution is -2.42. The molecule has 2 aliphatic rings. The van der Waals surface area contributed by atoms with Crippen LogP contribution in [-0.2, 0) is 19.7 Å². The highest BCUT2D eigenvalue weighted by Gasteiger charge is 2.42. The van der Waals surface area contributed by atoms with Crippen LogP contribution >= 0.6 is 0 Å². The number of amides is 2. The molecule has 0 bridgehead atoms. The number of nitrogens with zero attached hydrogens (tertiary/aromatic N) is 1. The Hall–Kier alpha value is -3.06. The Morgan fingerprint density at radius 1 is 0.969 bits per heavy atom. The van der Waals surface area contributed by atoms with E-state index in [9.17, 15) is 9.59 Å². The summed E-state index contributed by atoms with van der Waals surface area (Å²) in [6.45, 7) is 2.33. The highest BCUT2D eigenvalue weighted by molar-refractivity contribution is 5.99. The number of carbonyl (C=O) groups is 2.